The monoisotopic (exact) mass is 342 g/mol. The molecule has 130 valence electrons. The smallest absolute Gasteiger partial charge is 0.336 e. The molecule has 0 fully saturated rings. The van der Waals surface area contributed by atoms with Crippen LogP contribution in [0.2, 0.25) is 0 Å². The Morgan fingerprint density at radius 1 is 1.20 bits per heavy atom. The van der Waals surface area contributed by atoms with E-state index in [1.54, 1.807) is 19.1 Å². The minimum Gasteiger partial charge on any atom is -0.423 e. The molecule has 0 unspecified atom stereocenters. The van der Waals surface area contributed by atoms with Gasteiger partial charge in [-0.25, -0.2) is 4.79 Å². The minimum absolute atomic E-state index is 0.190. The molecule has 2 heterocycles. The van der Waals surface area contributed by atoms with Gasteiger partial charge in [-0.2, -0.15) is 0 Å². The zero-order valence-corrected chi connectivity index (χ0v) is 14.4. The van der Waals surface area contributed by atoms with Crippen molar-refractivity contribution in [2.24, 2.45) is 0 Å². The molecule has 7 nitrogen and oxygen atoms in total. The van der Waals surface area contributed by atoms with Crippen molar-refractivity contribution < 1.29 is 18.5 Å². The summed E-state index contributed by atoms with van der Waals surface area (Å²) in [4.78, 5) is 24.1. The number of hydrogen-bond donors (Lipinski definition) is 1. The van der Waals surface area contributed by atoms with Crippen LogP contribution < -0.4 is 10.9 Å². The number of anilines is 1. The quantitative estimate of drug-likeness (QED) is 0.732. The number of amides is 1. The molecule has 3 rings (SSSR count). The van der Waals surface area contributed by atoms with Crippen molar-refractivity contribution in [1.29, 1.82) is 0 Å². The molecule has 0 atom stereocenters. The van der Waals surface area contributed by atoms with Crippen LogP contribution in [0.15, 0.2) is 31.9 Å². The third kappa shape index (κ3) is 3.18. The normalized spacial score (nSPS) is 11.0. The highest BCUT2D eigenvalue weighted by Gasteiger charge is 2.20. The number of aryl methyl sites for hydroxylation is 3. The molecule has 2 aromatic heterocycles. The molecular weight excluding hydrogens is 324 g/mol. The number of fused-ring (bicyclic) bond motifs is 1. The Labute approximate surface area is 143 Å². The Kier molecular flexibility index (Phi) is 4.41. The van der Waals surface area contributed by atoms with Gasteiger partial charge in [0.05, 0.1) is 12.2 Å². The molecule has 0 radical (unpaired) electrons. The summed E-state index contributed by atoms with van der Waals surface area (Å²) in [7, 11) is 1.54. The van der Waals surface area contributed by atoms with Crippen LogP contribution in [0.3, 0.4) is 0 Å². The number of carbonyl (C=O) groups is 1. The SMILES string of the molecule is COCc1c(C(=O)Nc2cc3c(C)cc(=O)oc3cc2C)noc1C. The Morgan fingerprint density at radius 3 is 2.68 bits per heavy atom. The van der Waals surface area contributed by atoms with Crippen molar-refractivity contribution in [3.63, 3.8) is 0 Å². The predicted octanol–water partition coefficient (Wildman–Crippen LogP) is 3.10. The van der Waals surface area contributed by atoms with Crippen LogP contribution in [-0.4, -0.2) is 18.2 Å². The van der Waals surface area contributed by atoms with E-state index >= 15 is 0 Å². The van der Waals surface area contributed by atoms with Gasteiger partial charge in [0, 0.05) is 24.2 Å². The zero-order valence-electron chi connectivity index (χ0n) is 14.4. The molecule has 1 aromatic carbocycles. The maximum Gasteiger partial charge on any atom is 0.336 e. The number of nitrogens with one attached hydrogen (secondary N) is 1. The second-order valence-corrected chi connectivity index (χ2v) is 5.86. The van der Waals surface area contributed by atoms with Gasteiger partial charge in [-0.05, 0) is 44.0 Å². The summed E-state index contributed by atoms with van der Waals surface area (Å²) in [5.74, 6) is 0.154. The summed E-state index contributed by atoms with van der Waals surface area (Å²) in [6.45, 7) is 5.60. The van der Waals surface area contributed by atoms with Gasteiger partial charge in [0.2, 0.25) is 0 Å². The van der Waals surface area contributed by atoms with Gasteiger partial charge in [0.15, 0.2) is 5.69 Å². The number of hydrogen-bond acceptors (Lipinski definition) is 6. The zero-order chi connectivity index (χ0) is 18.1. The average Bonchev–Trinajstić information content (AvgIpc) is 2.90. The molecule has 0 aliphatic rings. The Bertz CT molecular complexity index is 1020. The fraction of sp³-hybridized carbons (Fsp3) is 0.278. The van der Waals surface area contributed by atoms with Crippen molar-refractivity contribution >= 4 is 22.6 Å². The van der Waals surface area contributed by atoms with Crippen LogP contribution in [-0.2, 0) is 11.3 Å². The summed E-state index contributed by atoms with van der Waals surface area (Å²) in [6, 6.07) is 4.92. The lowest BCUT2D eigenvalue weighted by Crippen LogP contribution is -2.15. The second-order valence-electron chi connectivity index (χ2n) is 5.86. The molecule has 1 N–H and O–H groups in total. The van der Waals surface area contributed by atoms with Crippen molar-refractivity contribution in [3.8, 4) is 0 Å². The van der Waals surface area contributed by atoms with E-state index in [0.29, 0.717) is 22.6 Å². The Hall–Kier alpha value is -2.93. The summed E-state index contributed by atoms with van der Waals surface area (Å²) < 4.78 is 15.4. The highest BCUT2D eigenvalue weighted by atomic mass is 16.5. The molecule has 25 heavy (non-hydrogen) atoms. The minimum atomic E-state index is -0.400. The first-order chi connectivity index (χ1) is 11.9. The lowest BCUT2D eigenvalue weighted by atomic mass is 10.1. The topological polar surface area (TPSA) is 94.6 Å². The van der Waals surface area contributed by atoms with Crippen molar-refractivity contribution in [3.05, 3.63) is 56.8 Å². The summed E-state index contributed by atoms with van der Waals surface area (Å²) in [5, 5.41) is 7.42. The number of methoxy groups -OCH3 is 1. The largest absolute Gasteiger partial charge is 0.423 e. The van der Waals surface area contributed by atoms with E-state index in [9.17, 15) is 9.59 Å². The number of nitrogens with zero attached hydrogens (tertiary/aromatic N) is 1. The third-order valence-electron chi connectivity index (χ3n) is 4.03. The maximum atomic E-state index is 12.6. The number of ether oxygens (including phenoxy) is 1. The van der Waals surface area contributed by atoms with Crippen LogP contribution in [0.1, 0.15) is 32.9 Å². The van der Waals surface area contributed by atoms with Crippen LogP contribution in [0, 0.1) is 20.8 Å². The molecule has 3 aromatic rings. The van der Waals surface area contributed by atoms with Crippen molar-refractivity contribution in [2.75, 3.05) is 12.4 Å². The lowest BCUT2D eigenvalue weighted by molar-refractivity contribution is 0.101. The summed E-state index contributed by atoms with van der Waals surface area (Å²) in [5.41, 5.74) is 3.04. The second kappa shape index (κ2) is 6.52. The fourth-order valence-electron chi connectivity index (χ4n) is 2.67. The Balaban J connectivity index is 1.99. The maximum absolute atomic E-state index is 12.6. The predicted molar refractivity (Wildman–Crippen MR) is 91.9 cm³/mol. The molecule has 0 saturated carbocycles. The molecule has 1 amide bonds. The fourth-order valence-corrected chi connectivity index (χ4v) is 2.67. The number of carbonyl (C=O) groups excluding carboxylic acids is 1. The first-order valence-electron chi connectivity index (χ1n) is 7.71. The first kappa shape index (κ1) is 16.9. The van der Waals surface area contributed by atoms with E-state index in [2.05, 4.69) is 10.5 Å². The summed E-state index contributed by atoms with van der Waals surface area (Å²) >= 11 is 0. The van der Waals surface area contributed by atoms with E-state index in [-0.39, 0.29) is 18.2 Å². The van der Waals surface area contributed by atoms with E-state index < -0.39 is 5.63 Å². The molecule has 0 bridgehead atoms. The van der Waals surface area contributed by atoms with Crippen molar-refractivity contribution in [2.45, 2.75) is 27.4 Å². The standard InChI is InChI=1S/C18H18N2O5/c1-9-6-16(21)24-15-5-10(2)14(7-12(9)15)19-18(22)17-13(8-23-4)11(3)25-20-17/h5-7H,8H2,1-4H3,(H,19,22). The van der Waals surface area contributed by atoms with Gasteiger partial charge in [0.25, 0.3) is 5.91 Å². The van der Waals surface area contributed by atoms with Crippen LogP contribution >= 0.6 is 0 Å². The van der Waals surface area contributed by atoms with Gasteiger partial charge >= 0.3 is 5.63 Å². The molecule has 0 aliphatic carbocycles. The lowest BCUT2D eigenvalue weighted by Gasteiger charge is -2.10. The summed E-state index contributed by atoms with van der Waals surface area (Å²) in [6.07, 6.45) is 0. The molecule has 0 aliphatic heterocycles. The van der Waals surface area contributed by atoms with E-state index in [1.165, 1.54) is 13.2 Å². The number of rotatable bonds is 4. The molecule has 7 heteroatoms. The molecule has 0 spiro atoms. The molecule has 0 saturated heterocycles. The van der Waals surface area contributed by atoms with Gasteiger partial charge in [-0.3, -0.25) is 4.79 Å². The number of benzene rings is 1. The van der Waals surface area contributed by atoms with E-state index in [1.807, 2.05) is 13.8 Å². The first-order valence-corrected chi connectivity index (χ1v) is 7.71. The van der Waals surface area contributed by atoms with Gasteiger partial charge in [-0.1, -0.05) is 5.16 Å². The van der Waals surface area contributed by atoms with Gasteiger partial charge < -0.3 is 19.0 Å². The highest BCUT2D eigenvalue weighted by molar-refractivity contribution is 6.05. The van der Waals surface area contributed by atoms with Gasteiger partial charge in [0.1, 0.15) is 11.3 Å². The van der Waals surface area contributed by atoms with Crippen molar-refractivity contribution in [1.82, 2.24) is 5.16 Å². The molecular formula is C18H18N2O5. The third-order valence-corrected chi connectivity index (χ3v) is 4.03. The van der Waals surface area contributed by atoms with E-state index in [4.69, 9.17) is 13.7 Å². The van der Waals surface area contributed by atoms with Crippen LogP contribution in [0.25, 0.3) is 11.0 Å². The van der Waals surface area contributed by atoms with Crippen LogP contribution in [0.4, 0.5) is 5.69 Å². The van der Waals surface area contributed by atoms with E-state index in [0.717, 1.165) is 16.5 Å². The van der Waals surface area contributed by atoms with Crippen LogP contribution in [0.5, 0.6) is 0 Å². The Morgan fingerprint density at radius 2 is 1.96 bits per heavy atom. The highest BCUT2D eigenvalue weighted by Crippen LogP contribution is 2.26. The average molecular weight is 342 g/mol. The number of aromatic nitrogens is 1. The van der Waals surface area contributed by atoms with Gasteiger partial charge in [-0.15, -0.1) is 0 Å².